The molecule has 0 amide bonds. The first-order valence-corrected chi connectivity index (χ1v) is 5.32. The van der Waals surface area contributed by atoms with Gasteiger partial charge in [-0.1, -0.05) is 6.07 Å². The minimum Gasteiger partial charge on any atom is -0.461 e. The molecule has 0 bridgehead atoms. The molecular weight excluding hydrogens is 260 g/mol. The average Bonchev–Trinajstić information content (AvgIpc) is 2.61. The second kappa shape index (κ2) is 4.02. The van der Waals surface area contributed by atoms with Crippen molar-refractivity contribution in [3.63, 3.8) is 0 Å². The standard InChI is InChI=1S/C10H9BrN2O2/c1-2-15-10(14)8-5-3-4-7-9(11)12-6-13(7)8/h3-6H,2H2,1H3. The lowest BCUT2D eigenvalue weighted by molar-refractivity contribution is 0.0517. The summed E-state index contributed by atoms with van der Waals surface area (Å²) in [6, 6.07) is 5.38. The van der Waals surface area contributed by atoms with Crippen molar-refractivity contribution >= 4 is 27.4 Å². The Labute approximate surface area is 95.0 Å². The first-order valence-electron chi connectivity index (χ1n) is 4.52. The fourth-order valence-electron chi connectivity index (χ4n) is 1.36. The van der Waals surface area contributed by atoms with Gasteiger partial charge in [-0.3, -0.25) is 4.40 Å². The largest absolute Gasteiger partial charge is 0.461 e. The molecule has 2 rings (SSSR count). The van der Waals surface area contributed by atoms with E-state index >= 15 is 0 Å². The van der Waals surface area contributed by atoms with E-state index in [0.29, 0.717) is 16.9 Å². The second-order valence-corrected chi connectivity index (χ2v) is 3.67. The van der Waals surface area contributed by atoms with E-state index in [2.05, 4.69) is 20.9 Å². The van der Waals surface area contributed by atoms with Gasteiger partial charge < -0.3 is 4.74 Å². The van der Waals surface area contributed by atoms with E-state index in [1.54, 1.807) is 29.8 Å². The number of esters is 1. The Morgan fingerprint density at radius 3 is 3.13 bits per heavy atom. The fraction of sp³-hybridized carbons (Fsp3) is 0.200. The number of hydrogen-bond donors (Lipinski definition) is 0. The van der Waals surface area contributed by atoms with Gasteiger partial charge in [0.25, 0.3) is 0 Å². The van der Waals surface area contributed by atoms with Gasteiger partial charge in [-0.2, -0.15) is 0 Å². The predicted octanol–water partition coefficient (Wildman–Crippen LogP) is 2.27. The SMILES string of the molecule is CCOC(=O)c1cccc2c(Br)ncn12. The van der Waals surface area contributed by atoms with Gasteiger partial charge in [-0.05, 0) is 35.0 Å². The molecule has 0 saturated carbocycles. The first kappa shape index (κ1) is 10.2. The van der Waals surface area contributed by atoms with Crippen molar-refractivity contribution in [1.29, 1.82) is 0 Å². The molecule has 15 heavy (non-hydrogen) atoms. The Bertz CT molecular complexity index is 507. The summed E-state index contributed by atoms with van der Waals surface area (Å²) in [7, 11) is 0. The molecule has 0 N–H and O–H groups in total. The maximum atomic E-state index is 11.6. The summed E-state index contributed by atoms with van der Waals surface area (Å²) in [5.41, 5.74) is 1.33. The highest BCUT2D eigenvalue weighted by atomic mass is 79.9. The number of carbonyl (C=O) groups excluding carboxylic acids is 1. The Balaban J connectivity index is 2.56. The van der Waals surface area contributed by atoms with E-state index in [4.69, 9.17) is 4.74 Å². The minimum atomic E-state index is -0.340. The molecule has 0 atom stereocenters. The van der Waals surface area contributed by atoms with Crippen molar-refractivity contribution in [2.75, 3.05) is 6.61 Å². The van der Waals surface area contributed by atoms with Crippen molar-refractivity contribution in [2.45, 2.75) is 6.92 Å². The molecule has 5 heteroatoms. The van der Waals surface area contributed by atoms with Crippen LogP contribution in [0.2, 0.25) is 0 Å². The van der Waals surface area contributed by atoms with Crippen LogP contribution in [0.1, 0.15) is 17.4 Å². The van der Waals surface area contributed by atoms with Gasteiger partial charge in [-0.25, -0.2) is 9.78 Å². The monoisotopic (exact) mass is 268 g/mol. The van der Waals surface area contributed by atoms with E-state index in [9.17, 15) is 4.79 Å². The van der Waals surface area contributed by atoms with Crippen molar-refractivity contribution in [3.8, 4) is 0 Å². The zero-order valence-electron chi connectivity index (χ0n) is 8.11. The molecule has 0 unspecified atom stereocenters. The quantitative estimate of drug-likeness (QED) is 0.785. The van der Waals surface area contributed by atoms with Gasteiger partial charge in [-0.15, -0.1) is 0 Å². The molecule has 0 radical (unpaired) electrons. The Kier molecular flexibility index (Phi) is 2.73. The Morgan fingerprint density at radius 2 is 2.40 bits per heavy atom. The molecule has 78 valence electrons. The average molecular weight is 269 g/mol. The number of halogens is 1. The van der Waals surface area contributed by atoms with Crippen LogP contribution in [-0.4, -0.2) is 22.0 Å². The summed E-state index contributed by atoms with van der Waals surface area (Å²) in [6.07, 6.45) is 1.59. The lowest BCUT2D eigenvalue weighted by Gasteiger charge is -2.04. The van der Waals surface area contributed by atoms with Crippen LogP contribution in [0.5, 0.6) is 0 Å². The molecule has 0 aliphatic rings. The highest BCUT2D eigenvalue weighted by Crippen LogP contribution is 2.17. The zero-order chi connectivity index (χ0) is 10.8. The highest BCUT2D eigenvalue weighted by molar-refractivity contribution is 9.10. The molecule has 2 aromatic heterocycles. The number of carbonyl (C=O) groups is 1. The molecule has 0 aliphatic carbocycles. The summed E-state index contributed by atoms with van der Waals surface area (Å²) < 4.78 is 7.36. The highest BCUT2D eigenvalue weighted by Gasteiger charge is 2.12. The molecule has 4 nitrogen and oxygen atoms in total. The smallest absolute Gasteiger partial charge is 0.355 e. The summed E-state index contributed by atoms with van der Waals surface area (Å²) in [5.74, 6) is -0.340. The lowest BCUT2D eigenvalue weighted by Crippen LogP contribution is -2.09. The minimum absolute atomic E-state index is 0.340. The van der Waals surface area contributed by atoms with Gasteiger partial charge in [0.1, 0.15) is 16.6 Å². The molecule has 0 spiro atoms. The summed E-state index contributed by atoms with van der Waals surface area (Å²) in [6.45, 7) is 2.15. The molecule has 2 aromatic rings. The molecular formula is C10H9BrN2O2. The number of aromatic nitrogens is 2. The first-order chi connectivity index (χ1) is 7.24. The van der Waals surface area contributed by atoms with Crippen LogP contribution in [0.3, 0.4) is 0 Å². The third kappa shape index (κ3) is 1.74. The number of imidazole rings is 1. The second-order valence-electron chi connectivity index (χ2n) is 2.92. The van der Waals surface area contributed by atoms with Gasteiger partial charge in [0.2, 0.25) is 0 Å². The molecule has 0 saturated heterocycles. The molecule has 0 aliphatic heterocycles. The van der Waals surface area contributed by atoms with Crippen LogP contribution in [-0.2, 0) is 4.74 Å². The van der Waals surface area contributed by atoms with Crippen molar-refractivity contribution in [2.24, 2.45) is 0 Å². The lowest BCUT2D eigenvalue weighted by atomic mass is 10.3. The van der Waals surface area contributed by atoms with E-state index in [1.807, 2.05) is 6.07 Å². The zero-order valence-corrected chi connectivity index (χ0v) is 9.69. The maximum Gasteiger partial charge on any atom is 0.355 e. The third-order valence-corrected chi connectivity index (χ3v) is 2.62. The van der Waals surface area contributed by atoms with Gasteiger partial charge in [0.15, 0.2) is 0 Å². The normalized spacial score (nSPS) is 10.5. The Morgan fingerprint density at radius 1 is 1.60 bits per heavy atom. The van der Waals surface area contributed by atoms with Crippen LogP contribution < -0.4 is 0 Å². The molecule has 0 aromatic carbocycles. The summed E-state index contributed by atoms with van der Waals surface area (Å²) in [5, 5.41) is 0. The van der Waals surface area contributed by atoms with Gasteiger partial charge >= 0.3 is 5.97 Å². The summed E-state index contributed by atoms with van der Waals surface area (Å²) in [4.78, 5) is 15.7. The van der Waals surface area contributed by atoms with Crippen LogP contribution in [0, 0.1) is 0 Å². The predicted molar refractivity (Wildman–Crippen MR) is 58.8 cm³/mol. The van der Waals surface area contributed by atoms with Crippen molar-refractivity contribution in [1.82, 2.24) is 9.38 Å². The number of hydrogen-bond acceptors (Lipinski definition) is 3. The van der Waals surface area contributed by atoms with E-state index in [1.165, 1.54) is 0 Å². The van der Waals surface area contributed by atoms with E-state index in [-0.39, 0.29) is 5.97 Å². The van der Waals surface area contributed by atoms with Crippen LogP contribution in [0.15, 0.2) is 29.1 Å². The number of ether oxygens (including phenoxy) is 1. The third-order valence-electron chi connectivity index (χ3n) is 2.01. The molecule has 0 fully saturated rings. The molecule has 2 heterocycles. The van der Waals surface area contributed by atoms with Crippen LogP contribution >= 0.6 is 15.9 Å². The number of rotatable bonds is 2. The van der Waals surface area contributed by atoms with Gasteiger partial charge in [0.05, 0.1) is 12.1 Å². The van der Waals surface area contributed by atoms with Crippen molar-refractivity contribution < 1.29 is 9.53 Å². The number of fused-ring (bicyclic) bond motifs is 1. The van der Waals surface area contributed by atoms with E-state index in [0.717, 1.165) is 5.52 Å². The number of nitrogens with zero attached hydrogens (tertiary/aromatic N) is 2. The number of pyridine rings is 1. The van der Waals surface area contributed by atoms with E-state index < -0.39 is 0 Å². The van der Waals surface area contributed by atoms with Crippen LogP contribution in [0.25, 0.3) is 5.52 Å². The maximum absolute atomic E-state index is 11.6. The van der Waals surface area contributed by atoms with Crippen LogP contribution in [0.4, 0.5) is 0 Å². The van der Waals surface area contributed by atoms with Crippen molar-refractivity contribution in [3.05, 3.63) is 34.8 Å². The topological polar surface area (TPSA) is 43.6 Å². The summed E-state index contributed by atoms with van der Waals surface area (Å²) >= 11 is 3.31. The van der Waals surface area contributed by atoms with Gasteiger partial charge in [0, 0.05) is 0 Å². The Hall–Kier alpha value is -1.36. The fourth-order valence-corrected chi connectivity index (χ4v) is 1.77.